The van der Waals surface area contributed by atoms with Crippen molar-refractivity contribution in [1.29, 1.82) is 0 Å². The van der Waals surface area contributed by atoms with E-state index in [2.05, 4.69) is 104 Å². The number of fused-ring (bicyclic) bond motifs is 2. The Balaban J connectivity index is 1.68. The van der Waals surface area contributed by atoms with Crippen LogP contribution in [0.1, 0.15) is 72.3 Å². The molecule has 2 bridgehead atoms. The van der Waals surface area contributed by atoms with Gasteiger partial charge in [-0.3, -0.25) is 4.79 Å². The van der Waals surface area contributed by atoms with Gasteiger partial charge in [-0.05, 0) is 80.0 Å². The van der Waals surface area contributed by atoms with Crippen molar-refractivity contribution in [3.05, 3.63) is 41.5 Å². The number of Topliss-reactive ketones (excluding diaryl/α,β-unsaturated/α-hetero) is 1. The van der Waals surface area contributed by atoms with Crippen LogP contribution in [0.5, 0.6) is 0 Å². The Bertz CT molecular complexity index is 1130. The van der Waals surface area contributed by atoms with Crippen molar-refractivity contribution in [3.63, 3.8) is 0 Å². The van der Waals surface area contributed by atoms with Gasteiger partial charge in [0.25, 0.3) is 0 Å². The Morgan fingerprint density at radius 1 is 1.08 bits per heavy atom. The first kappa shape index (κ1) is 29.4. The molecule has 1 spiro atoms. The van der Waals surface area contributed by atoms with E-state index in [9.17, 15) is 4.79 Å². The molecule has 0 N–H and O–H groups in total. The lowest BCUT2D eigenvalue weighted by Gasteiger charge is -2.59. The predicted octanol–water partition coefficient (Wildman–Crippen LogP) is 8.25. The van der Waals surface area contributed by atoms with Crippen molar-refractivity contribution in [3.8, 4) is 0 Å². The zero-order chi connectivity index (χ0) is 28.6. The van der Waals surface area contributed by atoms with E-state index < -0.39 is 33.4 Å². The number of benzene rings is 1. The summed E-state index contributed by atoms with van der Waals surface area (Å²) in [5, 5.41) is 0.125. The fraction of sp³-hybridized carbons (Fsp3) is 0.727. The second-order valence-electron chi connectivity index (χ2n) is 15.8. The van der Waals surface area contributed by atoms with Gasteiger partial charge in [0.15, 0.2) is 16.6 Å². The van der Waals surface area contributed by atoms with Crippen LogP contribution in [0, 0.1) is 23.7 Å². The lowest BCUT2D eigenvalue weighted by atomic mass is 9.59. The highest BCUT2D eigenvalue weighted by molar-refractivity contribution is 6.74. The molecule has 4 aliphatic rings. The fourth-order valence-electron chi connectivity index (χ4n) is 8.34. The molecule has 2 aliphatic carbocycles. The van der Waals surface area contributed by atoms with Crippen LogP contribution in [-0.2, 0) is 18.4 Å². The van der Waals surface area contributed by atoms with Gasteiger partial charge < -0.3 is 13.6 Å². The Labute approximate surface area is 239 Å². The SMILES string of the molecule is C[C@@H]1C(=O)CC[C@@H]2C[C@@]3(CO[Si](C)(C)C(C)(C)C)C[C@]4(O[Si](C)(C)C)/C(=C/c5ccccc5)[C@@H](C)C[C@H]4[C@]21O3. The van der Waals surface area contributed by atoms with Gasteiger partial charge in [-0.1, -0.05) is 71.0 Å². The molecule has 4 nitrogen and oxygen atoms in total. The van der Waals surface area contributed by atoms with E-state index in [1.165, 1.54) is 11.1 Å². The van der Waals surface area contributed by atoms with E-state index in [4.69, 9.17) is 13.6 Å². The second-order valence-corrected chi connectivity index (χ2v) is 25.0. The highest BCUT2D eigenvalue weighted by Crippen LogP contribution is 2.70. The number of ether oxygens (including phenoxy) is 1. The van der Waals surface area contributed by atoms with Crippen molar-refractivity contribution in [2.24, 2.45) is 23.7 Å². The zero-order valence-corrected chi connectivity index (χ0v) is 28.1. The molecular formula is C33H52O4Si2. The number of ketones is 1. The minimum absolute atomic E-state index is 0.121. The maximum atomic E-state index is 13.5. The summed E-state index contributed by atoms with van der Waals surface area (Å²) < 4.78 is 22.0. The third-order valence-electron chi connectivity index (χ3n) is 11.0. The van der Waals surface area contributed by atoms with E-state index in [1.54, 1.807) is 0 Å². The van der Waals surface area contributed by atoms with Gasteiger partial charge in [-0.25, -0.2) is 0 Å². The topological polar surface area (TPSA) is 44.8 Å². The molecule has 2 aliphatic heterocycles. The van der Waals surface area contributed by atoms with E-state index >= 15 is 0 Å². The maximum absolute atomic E-state index is 13.5. The van der Waals surface area contributed by atoms with Crippen LogP contribution in [0.4, 0.5) is 0 Å². The van der Waals surface area contributed by atoms with Crippen molar-refractivity contribution >= 4 is 28.5 Å². The van der Waals surface area contributed by atoms with Crippen LogP contribution < -0.4 is 0 Å². The summed E-state index contributed by atoms with van der Waals surface area (Å²) in [6.07, 6.45) is 6.82. The molecule has 2 heterocycles. The van der Waals surface area contributed by atoms with Crippen LogP contribution in [0.2, 0.25) is 37.8 Å². The molecule has 2 saturated heterocycles. The number of hydrogen-bond acceptors (Lipinski definition) is 4. The van der Waals surface area contributed by atoms with Crippen LogP contribution >= 0.6 is 0 Å². The molecule has 5 rings (SSSR count). The average molecular weight is 569 g/mol. The van der Waals surface area contributed by atoms with E-state index in [1.807, 2.05) is 0 Å². The summed E-state index contributed by atoms with van der Waals surface area (Å²) in [5.74, 6) is 1.16. The molecule has 6 heteroatoms. The van der Waals surface area contributed by atoms with Gasteiger partial charge in [0.1, 0.15) is 5.78 Å². The standard InChI is InChI=1S/C33H52O4Si2/c1-23-18-29-32(37-38(6,7)8,27(23)19-25-14-12-11-13-15-25)21-31(22-35-39(9,10)30(3,4)5)20-26-16-17-28(34)24(2)33(26,29)36-31/h11-15,19,23-24,26,29H,16-18,20-22H2,1-10H3/b27-19+/t23-,24+,26+,29+,31-,32-,33+/m0/s1. The van der Waals surface area contributed by atoms with Crippen molar-refractivity contribution in [2.45, 2.75) is 121 Å². The first-order chi connectivity index (χ1) is 17.9. The van der Waals surface area contributed by atoms with Crippen LogP contribution in [0.3, 0.4) is 0 Å². The van der Waals surface area contributed by atoms with Gasteiger partial charge in [0, 0.05) is 24.7 Å². The molecule has 39 heavy (non-hydrogen) atoms. The van der Waals surface area contributed by atoms with Gasteiger partial charge >= 0.3 is 0 Å². The lowest BCUT2D eigenvalue weighted by Crippen LogP contribution is -2.67. The summed E-state index contributed by atoms with van der Waals surface area (Å²) in [7, 11) is -4.00. The van der Waals surface area contributed by atoms with E-state index in [-0.39, 0.29) is 16.9 Å². The van der Waals surface area contributed by atoms with Crippen LogP contribution in [0.15, 0.2) is 35.9 Å². The summed E-state index contributed by atoms with van der Waals surface area (Å²) in [5.41, 5.74) is 1.28. The molecule has 2 saturated carbocycles. The lowest BCUT2D eigenvalue weighted by molar-refractivity contribution is -0.255. The largest absolute Gasteiger partial charge is 0.414 e. The molecule has 0 radical (unpaired) electrons. The average Bonchev–Trinajstić information content (AvgIpc) is 3.26. The number of carbonyl (C=O) groups excluding carboxylic acids is 1. The minimum atomic E-state index is -2.01. The molecule has 1 aromatic rings. The molecule has 216 valence electrons. The normalized spacial score (nSPS) is 39.6. The van der Waals surface area contributed by atoms with Crippen molar-refractivity contribution in [2.75, 3.05) is 6.61 Å². The third kappa shape index (κ3) is 4.80. The molecule has 4 fully saturated rings. The first-order valence-corrected chi connectivity index (χ1v) is 21.6. The Kier molecular flexibility index (Phi) is 7.16. The molecule has 1 aromatic carbocycles. The van der Waals surface area contributed by atoms with Crippen LogP contribution in [-0.4, -0.2) is 45.8 Å². The highest BCUT2D eigenvalue weighted by Gasteiger charge is 2.76. The smallest absolute Gasteiger partial charge is 0.192 e. The molecule has 0 unspecified atom stereocenters. The number of hydrogen-bond donors (Lipinski definition) is 0. The quantitative estimate of drug-likeness (QED) is 0.324. The molecule has 0 aromatic heterocycles. The Morgan fingerprint density at radius 3 is 2.36 bits per heavy atom. The molecule has 0 amide bonds. The highest BCUT2D eigenvalue weighted by atomic mass is 28.4. The molecule has 7 atom stereocenters. The van der Waals surface area contributed by atoms with Gasteiger partial charge in [0.2, 0.25) is 0 Å². The van der Waals surface area contributed by atoms with Crippen molar-refractivity contribution < 1.29 is 18.4 Å². The number of carbonyl (C=O) groups is 1. The van der Waals surface area contributed by atoms with Gasteiger partial charge in [-0.2, -0.15) is 0 Å². The van der Waals surface area contributed by atoms with Crippen LogP contribution in [0.25, 0.3) is 6.08 Å². The maximum Gasteiger partial charge on any atom is 0.192 e. The zero-order valence-electron chi connectivity index (χ0n) is 26.1. The van der Waals surface area contributed by atoms with Crippen molar-refractivity contribution in [1.82, 2.24) is 0 Å². The van der Waals surface area contributed by atoms with Gasteiger partial charge in [0.05, 0.1) is 23.4 Å². The molecular weight excluding hydrogens is 517 g/mol. The summed E-state index contributed by atoms with van der Waals surface area (Å²) >= 11 is 0. The second kappa shape index (κ2) is 9.48. The third-order valence-corrected chi connectivity index (χ3v) is 16.4. The minimum Gasteiger partial charge on any atom is -0.414 e. The monoisotopic (exact) mass is 568 g/mol. The van der Waals surface area contributed by atoms with E-state index in [0.717, 1.165) is 25.7 Å². The predicted molar refractivity (Wildman–Crippen MR) is 165 cm³/mol. The first-order valence-electron chi connectivity index (χ1n) is 15.3. The summed E-state index contributed by atoms with van der Waals surface area (Å²) in [6, 6.07) is 10.7. The summed E-state index contributed by atoms with van der Waals surface area (Å²) in [4.78, 5) is 13.5. The number of rotatable bonds is 6. The van der Waals surface area contributed by atoms with Gasteiger partial charge in [-0.15, -0.1) is 0 Å². The fourth-order valence-corrected chi connectivity index (χ4v) is 10.8. The Hall–Kier alpha value is -1.06. The van der Waals surface area contributed by atoms with E-state index in [0.29, 0.717) is 30.6 Å². The Morgan fingerprint density at radius 2 is 1.74 bits per heavy atom. The summed E-state index contributed by atoms with van der Waals surface area (Å²) in [6.45, 7) is 23.7.